The third-order valence-corrected chi connectivity index (χ3v) is 2.64. The monoisotopic (exact) mass is 402 g/mol. The van der Waals surface area contributed by atoms with Gasteiger partial charge in [0.15, 0.2) is 0 Å². The molecule has 0 N–H and O–H groups in total. The van der Waals surface area contributed by atoms with E-state index >= 15 is 0 Å². The summed E-state index contributed by atoms with van der Waals surface area (Å²) in [7, 11) is 3.72. The van der Waals surface area contributed by atoms with Crippen molar-refractivity contribution in [1.29, 1.82) is 0 Å². The SMILES string of the molecule is COCCOCCOCCOCCN1C=CN(C)C1.I. The summed E-state index contributed by atoms with van der Waals surface area (Å²) >= 11 is 0. The van der Waals surface area contributed by atoms with Gasteiger partial charge in [-0.1, -0.05) is 0 Å². The van der Waals surface area contributed by atoms with E-state index in [9.17, 15) is 0 Å². The average molecular weight is 402 g/mol. The highest BCUT2D eigenvalue weighted by Gasteiger charge is 2.06. The van der Waals surface area contributed by atoms with E-state index in [2.05, 4.69) is 29.2 Å². The van der Waals surface area contributed by atoms with Gasteiger partial charge in [0.25, 0.3) is 0 Å². The first-order chi connectivity index (χ1) is 9.33. The Morgan fingerprint density at radius 1 is 0.850 bits per heavy atom. The minimum absolute atomic E-state index is 0. The molecule has 0 radical (unpaired) electrons. The Bertz CT molecular complexity index is 244. The molecule has 0 fully saturated rings. The van der Waals surface area contributed by atoms with Gasteiger partial charge in [-0.15, -0.1) is 24.0 Å². The van der Waals surface area contributed by atoms with E-state index in [4.69, 9.17) is 18.9 Å². The van der Waals surface area contributed by atoms with Crippen molar-refractivity contribution in [2.75, 3.05) is 73.6 Å². The normalized spacial score (nSPS) is 13.9. The number of ether oxygens (including phenoxy) is 4. The Hall–Kier alpha value is -0.0900. The summed E-state index contributed by atoms with van der Waals surface area (Å²) in [4.78, 5) is 4.34. The maximum absolute atomic E-state index is 5.50. The lowest BCUT2D eigenvalue weighted by Gasteiger charge is -2.17. The molecule has 7 heteroatoms. The maximum Gasteiger partial charge on any atom is 0.0891 e. The molecule has 6 nitrogen and oxygen atoms in total. The minimum Gasteiger partial charge on any atom is -0.382 e. The van der Waals surface area contributed by atoms with Crippen LogP contribution in [0, 0.1) is 0 Å². The molecule has 0 aliphatic carbocycles. The second-order valence-corrected chi connectivity index (χ2v) is 4.34. The van der Waals surface area contributed by atoms with Crippen molar-refractivity contribution in [1.82, 2.24) is 9.80 Å². The van der Waals surface area contributed by atoms with Gasteiger partial charge in [-0.3, -0.25) is 0 Å². The van der Waals surface area contributed by atoms with Crippen LogP contribution in [-0.4, -0.2) is 83.4 Å². The van der Waals surface area contributed by atoms with Crippen molar-refractivity contribution in [3.63, 3.8) is 0 Å². The molecule has 0 saturated heterocycles. The molecule has 1 aliphatic rings. The van der Waals surface area contributed by atoms with Gasteiger partial charge in [0.2, 0.25) is 0 Å². The first-order valence-corrected chi connectivity index (χ1v) is 6.67. The van der Waals surface area contributed by atoms with Crippen molar-refractivity contribution in [3.8, 4) is 0 Å². The van der Waals surface area contributed by atoms with Gasteiger partial charge in [-0.25, -0.2) is 0 Å². The predicted molar refractivity (Wildman–Crippen MR) is 88.2 cm³/mol. The molecule has 20 heavy (non-hydrogen) atoms. The molecule has 120 valence electrons. The fourth-order valence-corrected chi connectivity index (χ4v) is 1.60. The van der Waals surface area contributed by atoms with Crippen molar-refractivity contribution >= 4 is 24.0 Å². The molecule has 0 atom stereocenters. The fourth-order valence-electron chi connectivity index (χ4n) is 1.60. The predicted octanol–water partition coefficient (Wildman–Crippen LogP) is 0.977. The summed E-state index contributed by atoms with van der Waals surface area (Å²) in [5, 5.41) is 0. The smallest absolute Gasteiger partial charge is 0.0891 e. The van der Waals surface area contributed by atoms with Gasteiger partial charge >= 0.3 is 0 Å². The number of hydrogen-bond acceptors (Lipinski definition) is 6. The molecule has 0 unspecified atom stereocenters. The lowest BCUT2D eigenvalue weighted by Crippen LogP contribution is -2.26. The molecule has 0 aromatic carbocycles. The van der Waals surface area contributed by atoms with Crippen LogP contribution >= 0.6 is 24.0 Å². The molecular weight excluding hydrogens is 375 g/mol. The summed E-state index contributed by atoms with van der Waals surface area (Å²) in [5.74, 6) is 0. The van der Waals surface area contributed by atoms with Crippen molar-refractivity contribution in [2.24, 2.45) is 0 Å². The van der Waals surface area contributed by atoms with E-state index in [1.807, 2.05) is 0 Å². The fraction of sp³-hybridized carbons (Fsp3) is 0.846. The Morgan fingerprint density at radius 3 is 1.90 bits per heavy atom. The standard InChI is InChI=1S/C13H26N2O4.HI/c1-14-3-4-15(13-14)5-6-17-9-10-19-12-11-18-8-7-16-2;/h3-4H,5-13H2,1-2H3;1H. The Morgan fingerprint density at radius 2 is 1.40 bits per heavy atom. The molecule has 0 aromatic heterocycles. The topological polar surface area (TPSA) is 43.4 Å². The Labute approximate surface area is 139 Å². The quantitative estimate of drug-likeness (QED) is 0.358. The highest BCUT2D eigenvalue weighted by atomic mass is 127. The Kier molecular flexibility index (Phi) is 13.8. The average Bonchev–Trinajstić information content (AvgIpc) is 2.82. The van der Waals surface area contributed by atoms with Gasteiger partial charge < -0.3 is 28.7 Å². The van der Waals surface area contributed by atoms with Crippen molar-refractivity contribution in [3.05, 3.63) is 12.4 Å². The van der Waals surface area contributed by atoms with Crippen molar-refractivity contribution in [2.45, 2.75) is 0 Å². The van der Waals surface area contributed by atoms with E-state index in [-0.39, 0.29) is 24.0 Å². The molecule has 0 spiro atoms. The van der Waals surface area contributed by atoms with Crippen LogP contribution in [0.2, 0.25) is 0 Å². The first-order valence-electron chi connectivity index (χ1n) is 6.67. The maximum atomic E-state index is 5.50. The molecule has 0 bridgehead atoms. The van der Waals surface area contributed by atoms with E-state index in [0.29, 0.717) is 39.6 Å². The first kappa shape index (κ1) is 19.9. The largest absolute Gasteiger partial charge is 0.382 e. The van der Waals surface area contributed by atoms with Crippen LogP contribution in [-0.2, 0) is 18.9 Å². The lowest BCUT2D eigenvalue weighted by atomic mass is 10.6. The molecule has 0 aromatic rings. The number of halogens is 1. The second kappa shape index (κ2) is 13.9. The molecule has 0 saturated carbocycles. The molecule has 0 amide bonds. The summed E-state index contributed by atoms with van der Waals surface area (Å²) in [6.45, 7) is 6.29. The minimum atomic E-state index is 0. The van der Waals surface area contributed by atoms with Crippen LogP contribution in [0.3, 0.4) is 0 Å². The van der Waals surface area contributed by atoms with E-state index in [0.717, 1.165) is 19.8 Å². The zero-order valence-electron chi connectivity index (χ0n) is 12.5. The van der Waals surface area contributed by atoms with Gasteiger partial charge in [0.1, 0.15) is 0 Å². The summed E-state index contributed by atoms with van der Waals surface area (Å²) < 4.78 is 21.0. The van der Waals surface area contributed by atoms with Gasteiger partial charge in [-0.05, 0) is 0 Å². The van der Waals surface area contributed by atoms with Gasteiger partial charge in [0.05, 0.1) is 52.9 Å². The number of rotatable bonds is 12. The summed E-state index contributed by atoms with van der Waals surface area (Å²) in [6.07, 6.45) is 4.14. The lowest BCUT2D eigenvalue weighted by molar-refractivity contribution is 0.00193. The van der Waals surface area contributed by atoms with E-state index < -0.39 is 0 Å². The highest BCUT2D eigenvalue weighted by Crippen LogP contribution is 2.02. The van der Waals surface area contributed by atoms with E-state index in [1.54, 1.807) is 7.11 Å². The van der Waals surface area contributed by atoms with Crippen LogP contribution in [0.1, 0.15) is 0 Å². The third-order valence-electron chi connectivity index (χ3n) is 2.64. The zero-order valence-corrected chi connectivity index (χ0v) is 14.8. The Balaban J connectivity index is 0.00000361. The van der Waals surface area contributed by atoms with Gasteiger partial charge in [0, 0.05) is 33.1 Å². The van der Waals surface area contributed by atoms with Crippen LogP contribution < -0.4 is 0 Å². The highest BCUT2D eigenvalue weighted by molar-refractivity contribution is 14.0. The zero-order chi connectivity index (χ0) is 13.8. The molecule has 1 heterocycles. The van der Waals surface area contributed by atoms with Crippen LogP contribution in [0.25, 0.3) is 0 Å². The summed E-state index contributed by atoms with van der Waals surface area (Å²) in [6, 6.07) is 0. The molecular formula is C13H27IN2O4. The second-order valence-electron chi connectivity index (χ2n) is 4.34. The van der Waals surface area contributed by atoms with Gasteiger partial charge in [-0.2, -0.15) is 0 Å². The van der Waals surface area contributed by atoms with Crippen LogP contribution in [0.15, 0.2) is 12.4 Å². The summed E-state index contributed by atoms with van der Waals surface area (Å²) in [5.41, 5.74) is 0. The molecule has 1 aliphatic heterocycles. The molecule has 1 rings (SSSR count). The van der Waals surface area contributed by atoms with Crippen LogP contribution in [0.5, 0.6) is 0 Å². The number of hydrogen-bond donors (Lipinski definition) is 0. The number of nitrogens with zero attached hydrogens (tertiary/aromatic N) is 2. The van der Waals surface area contributed by atoms with Crippen molar-refractivity contribution < 1.29 is 18.9 Å². The van der Waals surface area contributed by atoms with Crippen LogP contribution in [0.4, 0.5) is 0 Å². The third kappa shape index (κ3) is 10.7. The number of methoxy groups -OCH3 is 1. The van der Waals surface area contributed by atoms with E-state index in [1.165, 1.54) is 0 Å².